The van der Waals surface area contributed by atoms with Gasteiger partial charge < -0.3 is 9.64 Å². The van der Waals surface area contributed by atoms with E-state index in [1.165, 1.54) is 16.8 Å². The molecule has 1 saturated heterocycles. The van der Waals surface area contributed by atoms with Crippen molar-refractivity contribution in [1.82, 2.24) is 4.98 Å². The SMILES string of the molecule is COC[C@@H]1CCN(c2ccnc3ccsc23)C1. The number of nitrogens with zero attached hydrogens (tertiary/aromatic N) is 2. The van der Waals surface area contributed by atoms with Crippen LogP contribution in [0.25, 0.3) is 10.2 Å². The molecular weight excluding hydrogens is 232 g/mol. The molecule has 3 nitrogen and oxygen atoms in total. The van der Waals surface area contributed by atoms with Crippen molar-refractivity contribution in [2.24, 2.45) is 5.92 Å². The van der Waals surface area contributed by atoms with Crippen molar-refractivity contribution in [3.8, 4) is 0 Å². The van der Waals surface area contributed by atoms with E-state index in [4.69, 9.17) is 4.74 Å². The second kappa shape index (κ2) is 4.63. The second-order valence-electron chi connectivity index (χ2n) is 4.52. The number of aromatic nitrogens is 1. The summed E-state index contributed by atoms with van der Waals surface area (Å²) < 4.78 is 6.56. The van der Waals surface area contributed by atoms with Crippen molar-refractivity contribution in [2.45, 2.75) is 6.42 Å². The first-order valence-electron chi connectivity index (χ1n) is 5.94. The lowest BCUT2D eigenvalue weighted by molar-refractivity contribution is 0.161. The Morgan fingerprint density at radius 3 is 3.35 bits per heavy atom. The van der Waals surface area contributed by atoms with Crippen LogP contribution < -0.4 is 4.90 Å². The van der Waals surface area contributed by atoms with E-state index < -0.39 is 0 Å². The molecule has 2 aromatic rings. The van der Waals surface area contributed by atoms with Crippen LogP contribution in [0.3, 0.4) is 0 Å². The molecule has 1 aliphatic heterocycles. The summed E-state index contributed by atoms with van der Waals surface area (Å²) in [4.78, 5) is 6.85. The summed E-state index contributed by atoms with van der Waals surface area (Å²) in [5.41, 5.74) is 2.45. The zero-order valence-corrected chi connectivity index (χ0v) is 10.7. The maximum absolute atomic E-state index is 5.25. The van der Waals surface area contributed by atoms with Gasteiger partial charge in [-0.05, 0) is 23.9 Å². The molecule has 90 valence electrons. The standard InChI is InChI=1S/C13H16N2OS/c1-16-9-10-3-6-15(8-10)12-2-5-14-11-4-7-17-13(11)12/h2,4-5,7,10H,3,6,8-9H2,1H3/t10-/m1/s1. The highest BCUT2D eigenvalue weighted by molar-refractivity contribution is 7.17. The van der Waals surface area contributed by atoms with Gasteiger partial charge in [0.05, 0.1) is 22.5 Å². The van der Waals surface area contributed by atoms with Crippen molar-refractivity contribution in [2.75, 3.05) is 31.7 Å². The molecule has 0 aromatic carbocycles. The monoisotopic (exact) mass is 248 g/mol. The average molecular weight is 248 g/mol. The summed E-state index contributed by atoms with van der Waals surface area (Å²) in [7, 11) is 1.78. The molecule has 3 heterocycles. The van der Waals surface area contributed by atoms with E-state index >= 15 is 0 Å². The minimum atomic E-state index is 0.670. The molecule has 0 bridgehead atoms. The third-order valence-corrected chi connectivity index (χ3v) is 4.28. The van der Waals surface area contributed by atoms with Gasteiger partial charge in [-0.3, -0.25) is 4.98 Å². The Kier molecular flexibility index (Phi) is 2.99. The largest absolute Gasteiger partial charge is 0.384 e. The molecule has 17 heavy (non-hydrogen) atoms. The molecule has 1 fully saturated rings. The highest BCUT2D eigenvalue weighted by Crippen LogP contribution is 2.33. The molecule has 0 N–H and O–H groups in total. The molecule has 2 aromatic heterocycles. The van der Waals surface area contributed by atoms with E-state index in [1.807, 2.05) is 6.20 Å². The Hall–Kier alpha value is -1.13. The van der Waals surface area contributed by atoms with Gasteiger partial charge >= 0.3 is 0 Å². The van der Waals surface area contributed by atoms with Crippen molar-refractivity contribution in [3.63, 3.8) is 0 Å². The van der Waals surface area contributed by atoms with Gasteiger partial charge in [-0.2, -0.15) is 0 Å². The van der Waals surface area contributed by atoms with Gasteiger partial charge in [0.25, 0.3) is 0 Å². The van der Waals surface area contributed by atoms with Gasteiger partial charge in [0.15, 0.2) is 0 Å². The number of anilines is 1. The minimum Gasteiger partial charge on any atom is -0.384 e. The predicted octanol–water partition coefficient (Wildman–Crippen LogP) is 2.77. The topological polar surface area (TPSA) is 25.4 Å². The molecule has 0 amide bonds. The lowest BCUT2D eigenvalue weighted by Crippen LogP contribution is -2.21. The zero-order chi connectivity index (χ0) is 11.7. The normalized spacial score (nSPS) is 20.3. The molecule has 1 aliphatic rings. The Labute approximate surface area is 105 Å². The van der Waals surface area contributed by atoms with E-state index in [0.29, 0.717) is 5.92 Å². The molecule has 4 heteroatoms. The second-order valence-corrected chi connectivity index (χ2v) is 5.44. The molecule has 1 atom stereocenters. The number of hydrogen-bond acceptors (Lipinski definition) is 4. The highest BCUT2D eigenvalue weighted by atomic mass is 32.1. The van der Waals surface area contributed by atoms with Gasteiger partial charge in [-0.15, -0.1) is 11.3 Å². The van der Waals surface area contributed by atoms with Crippen LogP contribution in [-0.4, -0.2) is 31.8 Å². The van der Waals surface area contributed by atoms with Gasteiger partial charge in [0.1, 0.15) is 0 Å². The Balaban J connectivity index is 1.87. The molecule has 0 aliphatic carbocycles. The third kappa shape index (κ3) is 2.03. The summed E-state index contributed by atoms with van der Waals surface area (Å²) in [6.07, 6.45) is 3.14. The van der Waals surface area contributed by atoms with Crippen LogP contribution in [0, 0.1) is 5.92 Å². The first kappa shape index (κ1) is 11.0. The number of pyridine rings is 1. The van der Waals surface area contributed by atoms with Crippen molar-refractivity contribution in [1.29, 1.82) is 0 Å². The molecule has 3 rings (SSSR count). The summed E-state index contributed by atoms with van der Waals surface area (Å²) in [5, 5.41) is 2.11. The summed E-state index contributed by atoms with van der Waals surface area (Å²) in [5.74, 6) is 0.670. The summed E-state index contributed by atoms with van der Waals surface area (Å²) in [6, 6.07) is 4.22. The molecule has 0 spiro atoms. The number of hydrogen-bond donors (Lipinski definition) is 0. The van der Waals surface area contributed by atoms with E-state index in [1.54, 1.807) is 18.4 Å². The maximum Gasteiger partial charge on any atom is 0.0830 e. The fourth-order valence-electron chi connectivity index (χ4n) is 2.53. The number of ether oxygens (including phenoxy) is 1. The average Bonchev–Trinajstić information content (AvgIpc) is 2.96. The lowest BCUT2D eigenvalue weighted by Gasteiger charge is -2.19. The van der Waals surface area contributed by atoms with Gasteiger partial charge in [-0.1, -0.05) is 0 Å². The smallest absolute Gasteiger partial charge is 0.0830 e. The first-order chi connectivity index (χ1) is 8.38. The van der Waals surface area contributed by atoms with E-state index in [2.05, 4.69) is 27.4 Å². The van der Waals surface area contributed by atoms with Crippen LogP contribution in [0.15, 0.2) is 23.7 Å². The highest BCUT2D eigenvalue weighted by Gasteiger charge is 2.23. The molecular formula is C13H16N2OS. The Morgan fingerprint density at radius 2 is 2.47 bits per heavy atom. The van der Waals surface area contributed by atoms with Crippen LogP contribution >= 0.6 is 11.3 Å². The zero-order valence-electron chi connectivity index (χ0n) is 9.93. The lowest BCUT2D eigenvalue weighted by atomic mass is 10.1. The molecule has 0 radical (unpaired) electrons. The Morgan fingerprint density at radius 1 is 1.53 bits per heavy atom. The molecule has 0 saturated carbocycles. The van der Waals surface area contributed by atoms with E-state index in [0.717, 1.165) is 25.2 Å². The van der Waals surface area contributed by atoms with E-state index in [-0.39, 0.29) is 0 Å². The summed E-state index contributed by atoms with van der Waals surface area (Å²) >= 11 is 1.78. The third-order valence-electron chi connectivity index (χ3n) is 3.35. The quantitative estimate of drug-likeness (QED) is 0.835. The predicted molar refractivity (Wildman–Crippen MR) is 71.8 cm³/mol. The van der Waals surface area contributed by atoms with Crippen molar-refractivity contribution >= 4 is 27.2 Å². The van der Waals surface area contributed by atoms with Gasteiger partial charge in [0, 0.05) is 32.3 Å². The maximum atomic E-state index is 5.25. The minimum absolute atomic E-state index is 0.670. The van der Waals surface area contributed by atoms with Gasteiger partial charge in [-0.25, -0.2) is 0 Å². The number of rotatable bonds is 3. The fraction of sp³-hybridized carbons (Fsp3) is 0.462. The van der Waals surface area contributed by atoms with Crippen LogP contribution in [-0.2, 0) is 4.74 Å². The number of fused-ring (bicyclic) bond motifs is 1. The first-order valence-corrected chi connectivity index (χ1v) is 6.82. The number of methoxy groups -OCH3 is 1. The molecule has 0 unspecified atom stereocenters. The fourth-order valence-corrected chi connectivity index (χ4v) is 3.42. The van der Waals surface area contributed by atoms with Crippen molar-refractivity contribution < 1.29 is 4.74 Å². The van der Waals surface area contributed by atoms with Crippen LogP contribution in [0.5, 0.6) is 0 Å². The Bertz CT molecular complexity index is 511. The van der Waals surface area contributed by atoms with Crippen LogP contribution in [0.2, 0.25) is 0 Å². The van der Waals surface area contributed by atoms with E-state index in [9.17, 15) is 0 Å². The van der Waals surface area contributed by atoms with Crippen molar-refractivity contribution in [3.05, 3.63) is 23.7 Å². The number of thiophene rings is 1. The van der Waals surface area contributed by atoms with Gasteiger partial charge in [0.2, 0.25) is 0 Å². The summed E-state index contributed by atoms with van der Waals surface area (Å²) in [6.45, 7) is 3.10. The van der Waals surface area contributed by atoms with Crippen LogP contribution in [0.1, 0.15) is 6.42 Å². The van der Waals surface area contributed by atoms with Crippen LogP contribution in [0.4, 0.5) is 5.69 Å².